The third-order valence-corrected chi connectivity index (χ3v) is 7.40. The van der Waals surface area contributed by atoms with Crippen molar-refractivity contribution in [2.75, 3.05) is 5.73 Å². The van der Waals surface area contributed by atoms with Gasteiger partial charge in [0.2, 0.25) is 5.91 Å². The fourth-order valence-electron chi connectivity index (χ4n) is 3.94. The fraction of sp³-hybridized carbons (Fsp3) is 0.115. The number of rotatable bonds is 8. The smallest absolute Gasteiger partial charge is 0.272 e. The number of nitrogens with two attached hydrogens (primary N) is 2. The van der Waals surface area contributed by atoms with Crippen molar-refractivity contribution in [1.29, 1.82) is 0 Å². The average molecular weight is 504 g/mol. The second kappa shape index (κ2) is 10.4. The van der Waals surface area contributed by atoms with Crippen molar-refractivity contribution in [3.8, 4) is 0 Å². The van der Waals surface area contributed by atoms with Gasteiger partial charge in [-0.05, 0) is 22.8 Å². The molecule has 9 nitrogen and oxygen atoms in total. The van der Waals surface area contributed by atoms with Crippen LogP contribution in [0.1, 0.15) is 16.7 Å². The van der Waals surface area contributed by atoms with Crippen molar-refractivity contribution in [3.63, 3.8) is 0 Å². The van der Waals surface area contributed by atoms with Gasteiger partial charge in [-0.3, -0.25) is 14.2 Å². The molecule has 0 saturated carbocycles. The van der Waals surface area contributed by atoms with E-state index in [4.69, 9.17) is 11.6 Å². The Kier molecular flexibility index (Phi) is 7.16. The molecule has 0 bridgehead atoms. The third-order valence-electron chi connectivity index (χ3n) is 5.67. The molecule has 0 radical (unpaired) electrons. The number of hydrazone groups is 1. The quantitative estimate of drug-likeness (QED) is 0.191. The van der Waals surface area contributed by atoms with Gasteiger partial charge in [0.15, 0.2) is 14.7 Å². The minimum Gasteiger partial charge on any atom is -0.397 e. The van der Waals surface area contributed by atoms with Crippen LogP contribution in [-0.2, 0) is 33.5 Å². The molecule has 0 atom stereocenters. The summed E-state index contributed by atoms with van der Waals surface area (Å²) >= 11 is 0. The molecule has 4 rings (SSSR count). The number of hydrogen-bond acceptors (Lipinski definition) is 7. The van der Waals surface area contributed by atoms with Crippen LogP contribution in [0.25, 0.3) is 10.9 Å². The van der Waals surface area contributed by atoms with Gasteiger partial charge in [-0.2, -0.15) is 5.10 Å². The van der Waals surface area contributed by atoms with Crippen LogP contribution in [-0.4, -0.2) is 25.1 Å². The van der Waals surface area contributed by atoms with Crippen LogP contribution in [0.5, 0.6) is 0 Å². The fourth-order valence-corrected chi connectivity index (χ4v) is 5.53. The number of para-hydroxylation sites is 1. The molecule has 0 unspecified atom stereocenters. The molecule has 0 aliphatic heterocycles. The second-order valence-corrected chi connectivity index (χ2v) is 10.1. The highest BCUT2D eigenvalue weighted by Crippen LogP contribution is 2.27. The molecule has 5 N–H and O–H groups in total. The van der Waals surface area contributed by atoms with Crippen molar-refractivity contribution in [3.05, 3.63) is 106 Å². The summed E-state index contributed by atoms with van der Waals surface area (Å²) in [5.41, 5.74) is 7.81. The zero-order valence-electron chi connectivity index (χ0n) is 19.3. The number of amides is 1. The van der Waals surface area contributed by atoms with Crippen LogP contribution in [0.3, 0.4) is 0 Å². The molecular formula is C26H25N5O4S. The maximum absolute atomic E-state index is 13.5. The molecule has 0 aliphatic carbocycles. The van der Waals surface area contributed by atoms with Crippen LogP contribution in [0, 0.1) is 0 Å². The average Bonchev–Trinajstić information content (AvgIpc) is 2.86. The van der Waals surface area contributed by atoms with E-state index in [9.17, 15) is 18.0 Å². The molecule has 4 aromatic rings. The van der Waals surface area contributed by atoms with Crippen LogP contribution in [0.15, 0.2) is 93.7 Å². The number of carbonyl (C=O) groups excluding carboxylic acids is 1. The standard InChI is InChI=1S/C26H25N5O4S/c27-24-21-8-4-5-9-22(21)31(16-23(32)29-14-18-10-12-19(13-11-18)15-30-28)26(33)25(24)36(34,35)17-20-6-2-1-3-7-20/h1-13,15H,14,16-17,27-28H2,(H,29,32). The second-order valence-electron chi connectivity index (χ2n) is 8.19. The van der Waals surface area contributed by atoms with E-state index >= 15 is 0 Å². The first-order valence-corrected chi connectivity index (χ1v) is 12.7. The van der Waals surface area contributed by atoms with Gasteiger partial charge in [0, 0.05) is 11.9 Å². The first-order valence-electron chi connectivity index (χ1n) is 11.1. The van der Waals surface area contributed by atoms with Gasteiger partial charge >= 0.3 is 0 Å². The Morgan fingerprint density at radius 1 is 0.944 bits per heavy atom. The lowest BCUT2D eigenvalue weighted by Crippen LogP contribution is -2.35. The van der Waals surface area contributed by atoms with E-state index in [0.717, 1.165) is 15.7 Å². The topological polar surface area (TPSA) is 150 Å². The first kappa shape index (κ1) is 24.7. The Hall–Kier alpha value is -4.44. The highest BCUT2D eigenvalue weighted by molar-refractivity contribution is 7.90. The molecule has 10 heteroatoms. The Balaban J connectivity index is 1.66. The lowest BCUT2D eigenvalue weighted by atomic mass is 10.1. The van der Waals surface area contributed by atoms with Crippen LogP contribution in [0.4, 0.5) is 5.69 Å². The zero-order chi connectivity index (χ0) is 25.7. The van der Waals surface area contributed by atoms with E-state index in [1.54, 1.807) is 66.7 Å². The van der Waals surface area contributed by atoms with Crippen LogP contribution in [0.2, 0.25) is 0 Å². The molecule has 0 spiro atoms. The van der Waals surface area contributed by atoms with E-state index < -0.39 is 26.2 Å². The number of hydrogen-bond donors (Lipinski definition) is 3. The molecule has 1 amide bonds. The molecular weight excluding hydrogens is 478 g/mol. The summed E-state index contributed by atoms with van der Waals surface area (Å²) in [5.74, 6) is 4.31. The number of sulfone groups is 1. The molecule has 36 heavy (non-hydrogen) atoms. The summed E-state index contributed by atoms with van der Waals surface area (Å²) < 4.78 is 27.8. The van der Waals surface area contributed by atoms with Gasteiger partial charge in [0.1, 0.15) is 6.54 Å². The Morgan fingerprint density at radius 2 is 1.61 bits per heavy atom. The van der Waals surface area contributed by atoms with E-state index in [2.05, 4.69) is 10.4 Å². The summed E-state index contributed by atoms with van der Waals surface area (Å²) in [6.07, 6.45) is 1.50. The molecule has 1 heterocycles. The summed E-state index contributed by atoms with van der Waals surface area (Å²) in [7, 11) is -4.10. The van der Waals surface area contributed by atoms with Gasteiger partial charge in [-0.1, -0.05) is 72.8 Å². The van der Waals surface area contributed by atoms with Gasteiger partial charge in [-0.15, -0.1) is 0 Å². The predicted molar refractivity (Wildman–Crippen MR) is 140 cm³/mol. The molecule has 184 valence electrons. The Labute approximate surface area is 208 Å². The molecule has 0 saturated heterocycles. The number of carbonyl (C=O) groups is 1. The summed E-state index contributed by atoms with van der Waals surface area (Å²) in [6, 6.07) is 22.4. The van der Waals surface area contributed by atoms with Crippen LogP contribution < -0.4 is 22.5 Å². The minimum absolute atomic E-state index is 0.121. The first-order chi connectivity index (χ1) is 17.3. The zero-order valence-corrected chi connectivity index (χ0v) is 20.1. The maximum atomic E-state index is 13.5. The molecule has 1 aromatic heterocycles. The number of anilines is 1. The van der Waals surface area contributed by atoms with Crippen molar-refractivity contribution >= 4 is 38.5 Å². The highest BCUT2D eigenvalue weighted by atomic mass is 32.2. The van der Waals surface area contributed by atoms with E-state index in [0.29, 0.717) is 16.5 Å². The van der Waals surface area contributed by atoms with Crippen LogP contribution >= 0.6 is 0 Å². The van der Waals surface area contributed by atoms with Gasteiger partial charge in [-0.25, -0.2) is 8.42 Å². The van der Waals surface area contributed by atoms with E-state index in [-0.39, 0.29) is 24.5 Å². The van der Waals surface area contributed by atoms with Gasteiger partial charge in [0.05, 0.1) is 23.2 Å². The lowest BCUT2D eigenvalue weighted by Gasteiger charge is -2.16. The molecule has 0 fully saturated rings. The number of nitrogen functional groups attached to an aromatic ring is 1. The minimum atomic E-state index is -4.10. The largest absolute Gasteiger partial charge is 0.397 e. The summed E-state index contributed by atoms with van der Waals surface area (Å²) in [6.45, 7) is -0.148. The SMILES string of the molecule is NN=Cc1ccc(CNC(=O)Cn2c(=O)c(S(=O)(=O)Cc3ccccc3)c(N)c3ccccc32)cc1. The number of nitrogens with one attached hydrogen (secondary N) is 1. The maximum Gasteiger partial charge on any atom is 0.272 e. The molecule has 3 aromatic carbocycles. The van der Waals surface area contributed by atoms with Gasteiger partial charge in [0.25, 0.3) is 5.56 Å². The molecule has 0 aliphatic rings. The third kappa shape index (κ3) is 5.28. The highest BCUT2D eigenvalue weighted by Gasteiger charge is 2.27. The summed E-state index contributed by atoms with van der Waals surface area (Å²) in [5, 5.41) is 6.61. The monoisotopic (exact) mass is 503 g/mol. The van der Waals surface area contributed by atoms with Crippen molar-refractivity contribution in [1.82, 2.24) is 9.88 Å². The number of nitrogens with zero attached hydrogens (tertiary/aromatic N) is 2. The Bertz CT molecular complexity index is 1600. The van der Waals surface area contributed by atoms with E-state index in [1.807, 2.05) is 12.1 Å². The number of aromatic nitrogens is 1. The normalized spacial score (nSPS) is 11.7. The van der Waals surface area contributed by atoms with Crippen molar-refractivity contribution < 1.29 is 13.2 Å². The predicted octanol–water partition coefficient (Wildman–Crippen LogP) is 2.17. The number of pyridine rings is 1. The van der Waals surface area contributed by atoms with Crippen molar-refractivity contribution in [2.45, 2.75) is 23.7 Å². The number of fused-ring (bicyclic) bond motifs is 1. The van der Waals surface area contributed by atoms with E-state index in [1.165, 1.54) is 6.21 Å². The van der Waals surface area contributed by atoms with Gasteiger partial charge < -0.3 is 16.9 Å². The lowest BCUT2D eigenvalue weighted by molar-refractivity contribution is -0.121. The van der Waals surface area contributed by atoms with Crippen molar-refractivity contribution in [2.24, 2.45) is 10.9 Å². The summed E-state index contributed by atoms with van der Waals surface area (Å²) in [4.78, 5) is 25.7. The Morgan fingerprint density at radius 3 is 2.31 bits per heavy atom. The number of benzene rings is 3.